The number of benzene rings is 2. The van der Waals surface area contributed by atoms with Gasteiger partial charge in [-0.25, -0.2) is 0 Å². The molecule has 0 aliphatic carbocycles. The zero-order valence-corrected chi connectivity index (χ0v) is 31.1. The van der Waals surface area contributed by atoms with Gasteiger partial charge in [0.05, 0.1) is 5.52 Å². The van der Waals surface area contributed by atoms with E-state index >= 15 is 0 Å². The Bertz CT molecular complexity index is 1580. The van der Waals surface area contributed by atoms with Crippen molar-refractivity contribution in [1.29, 1.82) is 0 Å². The average Bonchev–Trinajstić information content (AvgIpc) is 3.38. The Morgan fingerprint density at radius 3 is 2.07 bits per heavy atom. The van der Waals surface area contributed by atoms with Gasteiger partial charge >= 0.3 is 0 Å². The molecule has 0 amide bonds. The monoisotopic (exact) mass is 775 g/mol. The van der Waals surface area contributed by atoms with E-state index in [0.29, 0.717) is 5.92 Å². The molecule has 44 heavy (non-hydrogen) atoms. The number of aryl methyl sites for hydroxylation is 3. The van der Waals surface area contributed by atoms with Crippen LogP contribution in [-0.4, -0.2) is 15.9 Å². The van der Waals surface area contributed by atoms with Gasteiger partial charge in [-0.15, -0.1) is 34.9 Å². The summed E-state index contributed by atoms with van der Waals surface area (Å²) in [7, 11) is 0. The van der Waals surface area contributed by atoms with Crippen molar-refractivity contribution in [1.82, 2.24) is 4.98 Å². The van der Waals surface area contributed by atoms with Gasteiger partial charge in [-0.3, -0.25) is 9.78 Å². The first kappa shape index (κ1) is 37.4. The summed E-state index contributed by atoms with van der Waals surface area (Å²) in [4.78, 5) is 17.1. The predicted octanol–water partition coefficient (Wildman–Crippen LogP) is 11.2. The first-order valence-electron chi connectivity index (χ1n) is 16.0. The number of carbonyl (C=O) groups excluding carboxylic acids is 1. The van der Waals surface area contributed by atoms with Crippen LogP contribution in [0.5, 0.6) is 0 Å². The smallest absolute Gasteiger partial charge is 0.164 e. The average molecular weight is 775 g/mol. The van der Waals surface area contributed by atoms with Gasteiger partial charge in [0.1, 0.15) is 17.1 Å². The number of hydrogen-bond acceptors (Lipinski definition) is 4. The number of aliphatic hydroxyl groups excluding tert-OH is 1. The number of allylic oxidation sites excluding steroid dienone is 2. The molecule has 1 radical (unpaired) electrons. The van der Waals surface area contributed by atoms with Crippen LogP contribution in [0.25, 0.3) is 33.1 Å². The van der Waals surface area contributed by atoms with Crippen molar-refractivity contribution in [2.75, 3.05) is 0 Å². The number of rotatable bonds is 10. The number of pyridine rings is 1. The molecule has 1 N–H and O–H groups in total. The topological polar surface area (TPSA) is 63.3 Å². The predicted molar refractivity (Wildman–Crippen MR) is 182 cm³/mol. The molecule has 4 rings (SSSR count). The summed E-state index contributed by atoms with van der Waals surface area (Å²) in [6.07, 6.45) is 5.68. The van der Waals surface area contributed by atoms with Crippen molar-refractivity contribution in [2.24, 2.45) is 16.7 Å². The standard InChI is InChI=1S/C24H24NO.C15H28O2.Ir/c1-14(2)8-19-13-21-20-12-15(3)6-7-22(20)25-23(24(21)26-19)18-10-16(4)9-17(5)11-18;1-7-14(5,8-2)12(16)11-13(17)15(6,9-3)10-4;/h6-7,9-10,12-14H,8H2,1-5H3;11,16H,7-10H2,1-6H3;/q-1;;/b;12-11-;. The van der Waals surface area contributed by atoms with Crippen LogP contribution in [0.1, 0.15) is 104 Å². The number of nitrogens with zero attached hydrogens (tertiary/aromatic N) is 1. The SMILES string of the molecule is CCC(C)(CC)C(=O)/C=C(\O)C(C)(CC)CC.Cc1[c-]c(-c2nc3ccc(C)cc3c3cc(CC(C)C)oc23)cc(C)c1.[Ir]. The van der Waals surface area contributed by atoms with Crippen molar-refractivity contribution < 1.29 is 34.4 Å². The minimum atomic E-state index is -0.337. The molecule has 0 saturated carbocycles. The maximum Gasteiger partial charge on any atom is 0.164 e. The van der Waals surface area contributed by atoms with Crippen molar-refractivity contribution in [2.45, 2.75) is 108 Å². The van der Waals surface area contributed by atoms with Crippen molar-refractivity contribution in [3.05, 3.63) is 76.8 Å². The fourth-order valence-corrected chi connectivity index (χ4v) is 5.34. The summed E-state index contributed by atoms with van der Waals surface area (Å²) in [6.45, 7) is 22.8. The maximum absolute atomic E-state index is 12.2. The van der Waals surface area contributed by atoms with Gasteiger partial charge in [-0.05, 0) is 56.7 Å². The van der Waals surface area contributed by atoms with E-state index < -0.39 is 0 Å². The van der Waals surface area contributed by atoms with Crippen molar-refractivity contribution in [3.63, 3.8) is 0 Å². The first-order valence-corrected chi connectivity index (χ1v) is 16.0. The van der Waals surface area contributed by atoms with E-state index in [0.717, 1.165) is 76.6 Å². The Labute approximate surface area is 279 Å². The minimum absolute atomic E-state index is 0. The summed E-state index contributed by atoms with van der Waals surface area (Å²) in [5.41, 5.74) is 6.73. The number of furan rings is 1. The number of aromatic nitrogens is 1. The quantitative estimate of drug-likeness (QED) is 0.0990. The molecule has 2 heterocycles. The summed E-state index contributed by atoms with van der Waals surface area (Å²) in [5, 5.41) is 12.4. The number of fused-ring (bicyclic) bond motifs is 3. The fraction of sp³-hybridized carbons (Fsp3) is 0.487. The Balaban J connectivity index is 0.000000331. The molecule has 4 nitrogen and oxygen atoms in total. The van der Waals surface area contributed by atoms with Crippen molar-refractivity contribution in [3.8, 4) is 11.3 Å². The van der Waals surface area contributed by atoms with Crippen LogP contribution >= 0.6 is 0 Å². The maximum atomic E-state index is 12.2. The molecule has 0 fully saturated rings. The summed E-state index contributed by atoms with van der Waals surface area (Å²) >= 11 is 0. The van der Waals surface area contributed by atoms with Crippen LogP contribution in [0.15, 0.2) is 52.7 Å². The molecule has 0 bridgehead atoms. The molecule has 5 heteroatoms. The van der Waals surface area contributed by atoms with Crippen molar-refractivity contribution >= 4 is 27.7 Å². The Kier molecular flexibility index (Phi) is 13.2. The molecule has 0 spiro atoms. The molecule has 4 aromatic rings. The molecule has 0 aliphatic heterocycles. The Morgan fingerprint density at radius 2 is 1.52 bits per heavy atom. The second-order valence-electron chi connectivity index (χ2n) is 13.2. The molecule has 0 unspecified atom stereocenters. The largest absolute Gasteiger partial charge is 0.512 e. The molecule has 2 aromatic heterocycles. The summed E-state index contributed by atoms with van der Waals surface area (Å²) < 4.78 is 6.31. The molecular formula is C39H52IrNO3-. The van der Waals surface area contributed by atoms with E-state index in [1.165, 1.54) is 17.2 Å². The van der Waals surface area contributed by atoms with E-state index in [1.807, 2.05) is 41.5 Å². The van der Waals surface area contributed by atoms with Gasteiger partial charge in [-0.1, -0.05) is 80.9 Å². The number of aliphatic hydroxyl groups is 1. The van der Waals surface area contributed by atoms with Crippen LogP contribution in [0, 0.1) is 43.6 Å². The van der Waals surface area contributed by atoms with Gasteiger partial charge in [0, 0.05) is 59.9 Å². The number of carbonyl (C=O) groups is 1. The second-order valence-corrected chi connectivity index (χ2v) is 13.2. The first-order chi connectivity index (χ1) is 20.2. The third-order valence-electron chi connectivity index (χ3n) is 9.29. The van der Waals surface area contributed by atoms with Gasteiger partial charge in [0.25, 0.3) is 0 Å². The molecule has 2 aromatic carbocycles. The van der Waals surface area contributed by atoms with Crippen LogP contribution in [0.4, 0.5) is 0 Å². The third kappa shape index (κ3) is 8.49. The van der Waals surface area contributed by atoms with E-state index in [4.69, 9.17) is 9.40 Å². The van der Waals surface area contributed by atoms with E-state index in [2.05, 4.69) is 77.1 Å². The van der Waals surface area contributed by atoms with E-state index in [9.17, 15) is 9.90 Å². The molecule has 241 valence electrons. The molecule has 0 saturated heterocycles. The molecule has 0 aliphatic rings. The van der Waals surface area contributed by atoms with E-state index in [1.54, 1.807) is 0 Å². The molecule has 0 atom stereocenters. The van der Waals surface area contributed by atoms with Crippen LogP contribution in [0.3, 0.4) is 0 Å². The number of ketones is 1. The van der Waals surface area contributed by atoms with Gasteiger partial charge in [-0.2, -0.15) is 0 Å². The van der Waals surface area contributed by atoms with Crippen LogP contribution in [-0.2, 0) is 31.3 Å². The normalized spacial score (nSPS) is 12.3. The summed E-state index contributed by atoms with van der Waals surface area (Å²) in [6, 6.07) is 16.4. The Hall–Kier alpha value is -2.75. The van der Waals surface area contributed by atoms with Gasteiger partial charge < -0.3 is 9.52 Å². The van der Waals surface area contributed by atoms with Crippen LogP contribution in [0.2, 0.25) is 0 Å². The third-order valence-corrected chi connectivity index (χ3v) is 9.29. The van der Waals surface area contributed by atoms with Gasteiger partial charge in [0.15, 0.2) is 5.78 Å². The fourth-order valence-electron chi connectivity index (χ4n) is 5.34. The summed E-state index contributed by atoms with van der Waals surface area (Å²) in [5.74, 6) is 1.86. The minimum Gasteiger partial charge on any atom is -0.512 e. The van der Waals surface area contributed by atoms with Crippen LogP contribution < -0.4 is 0 Å². The number of hydrogen-bond donors (Lipinski definition) is 1. The zero-order valence-electron chi connectivity index (χ0n) is 28.7. The van der Waals surface area contributed by atoms with E-state index in [-0.39, 0.29) is 42.5 Å². The zero-order chi connectivity index (χ0) is 32.1. The molecular weight excluding hydrogens is 723 g/mol. The Morgan fingerprint density at radius 1 is 0.909 bits per heavy atom. The second kappa shape index (κ2) is 15.5. The van der Waals surface area contributed by atoms with Gasteiger partial charge in [0.2, 0.25) is 0 Å².